The van der Waals surface area contributed by atoms with Gasteiger partial charge < -0.3 is 15.4 Å². The lowest BCUT2D eigenvalue weighted by atomic mass is 10.0. The number of carbonyl (C=O) groups excluding carboxylic acids is 3. The van der Waals surface area contributed by atoms with Gasteiger partial charge in [0.15, 0.2) is 0 Å². The molecular weight excluding hydrogens is 571 g/mol. The third-order valence-electron chi connectivity index (χ3n) is 5.54. The molecule has 1 aliphatic heterocycles. The fourth-order valence-corrected chi connectivity index (χ4v) is 4.26. The molecule has 180 valence electrons. The van der Waals surface area contributed by atoms with Gasteiger partial charge in [0.2, 0.25) is 5.91 Å². The van der Waals surface area contributed by atoms with E-state index in [9.17, 15) is 23.2 Å². The fraction of sp³-hybridized carbons (Fsp3) is 0.160. The maximum atomic E-state index is 14.4. The number of hydrogen-bond acceptors (Lipinski definition) is 4. The van der Waals surface area contributed by atoms with Crippen LogP contribution in [0.1, 0.15) is 17.2 Å². The van der Waals surface area contributed by atoms with Gasteiger partial charge in [0.1, 0.15) is 29.5 Å². The van der Waals surface area contributed by atoms with Crippen molar-refractivity contribution in [3.05, 3.63) is 93.1 Å². The summed E-state index contributed by atoms with van der Waals surface area (Å²) in [6.45, 7) is 0. The monoisotopic (exact) mass is 591 g/mol. The number of halogens is 3. The van der Waals surface area contributed by atoms with Gasteiger partial charge in [-0.15, -0.1) is 0 Å². The standard InChI is InChI=1S/C25H20F2IN3O4/c1-35-18-8-5-15(6-9-18)22-24(33)31(25(34)30-22)21(12-14-3-2-4-16(26)11-14)23(32)29-20-10-7-17(28)13-19(20)27/h2-11,13,21-22H,12H2,1H3,(H,29,32)(H,30,34). The van der Waals surface area contributed by atoms with Crippen molar-refractivity contribution in [1.82, 2.24) is 10.2 Å². The van der Waals surface area contributed by atoms with Crippen LogP contribution in [0.3, 0.4) is 0 Å². The molecule has 1 aliphatic rings. The number of hydrogen-bond donors (Lipinski definition) is 2. The Bertz CT molecular complexity index is 1290. The highest BCUT2D eigenvalue weighted by Crippen LogP contribution is 2.27. The summed E-state index contributed by atoms with van der Waals surface area (Å²) in [5.41, 5.74) is 0.792. The van der Waals surface area contributed by atoms with Gasteiger partial charge in [0, 0.05) is 9.99 Å². The van der Waals surface area contributed by atoms with Crippen molar-refractivity contribution in [1.29, 1.82) is 0 Å². The predicted octanol–water partition coefficient (Wildman–Crippen LogP) is 4.42. The summed E-state index contributed by atoms with van der Waals surface area (Å²) in [7, 11) is 1.51. The number of methoxy groups -OCH3 is 1. The van der Waals surface area contributed by atoms with E-state index >= 15 is 0 Å². The Morgan fingerprint density at radius 3 is 2.51 bits per heavy atom. The van der Waals surface area contributed by atoms with E-state index in [4.69, 9.17) is 4.74 Å². The number of amides is 4. The molecule has 10 heteroatoms. The lowest BCUT2D eigenvalue weighted by Gasteiger charge is -2.25. The number of benzene rings is 3. The van der Waals surface area contributed by atoms with Gasteiger partial charge in [-0.1, -0.05) is 24.3 Å². The lowest BCUT2D eigenvalue weighted by molar-refractivity contribution is -0.134. The summed E-state index contributed by atoms with van der Waals surface area (Å²) >= 11 is 1.93. The Balaban J connectivity index is 1.65. The Hall–Kier alpha value is -3.54. The molecule has 2 atom stereocenters. The summed E-state index contributed by atoms with van der Waals surface area (Å²) in [5, 5.41) is 5.05. The molecule has 0 bridgehead atoms. The van der Waals surface area contributed by atoms with E-state index < -0.39 is 41.6 Å². The molecule has 4 rings (SSSR count). The molecule has 0 aromatic heterocycles. The first-order valence-electron chi connectivity index (χ1n) is 10.5. The van der Waals surface area contributed by atoms with Crippen LogP contribution in [0.25, 0.3) is 0 Å². The van der Waals surface area contributed by atoms with Crippen molar-refractivity contribution in [3.63, 3.8) is 0 Å². The van der Waals surface area contributed by atoms with Crippen LogP contribution in [0.5, 0.6) is 5.75 Å². The second-order valence-corrected chi connectivity index (χ2v) is 9.07. The first kappa shape index (κ1) is 24.6. The fourth-order valence-electron chi connectivity index (χ4n) is 3.81. The molecule has 1 fully saturated rings. The molecule has 1 saturated heterocycles. The van der Waals surface area contributed by atoms with Crippen LogP contribution in [0.15, 0.2) is 66.7 Å². The minimum atomic E-state index is -1.36. The number of ether oxygens (including phenoxy) is 1. The normalized spacial score (nSPS) is 16.1. The van der Waals surface area contributed by atoms with Gasteiger partial charge in [0.05, 0.1) is 12.8 Å². The second kappa shape index (κ2) is 10.4. The van der Waals surface area contributed by atoms with E-state index in [-0.39, 0.29) is 12.1 Å². The van der Waals surface area contributed by atoms with E-state index in [0.717, 1.165) is 4.90 Å². The lowest BCUT2D eigenvalue weighted by Crippen LogP contribution is -2.49. The zero-order valence-electron chi connectivity index (χ0n) is 18.4. The number of anilines is 1. The SMILES string of the molecule is COc1ccc(C2NC(=O)N(C(Cc3cccc(F)c3)C(=O)Nc3ccc(I)cc3F)C2=O)cc1. The topological polar surface area (TPSA) is 87.7 Å². The molecule has 0 saturated carbocycles. The molecule has 1 heterocycles. The molecule has 4 amide bonds. The van der Waals surface area contributed by atoms with Crippen LogP contribution in [0.4, 0.5) is 19.3 Å². The summed E-state index contributed by atoms with van der Waals surface area (Å²) in [4.78, 5) is 40.3. The molecule has 3 aromatic carbocycles. The molecule has 3 aromatic rings. The molecular formula is C25H20F2IN3O4. The average Bonchev–Trinajstić information content (AvgIpc) is 3.13. The van der Waals surface area contributed by atoms with Crippen molar-refractivity contribution < 1.29 is 27.9 Å². The number of carbonyl (C=O) groups is 3. The van der Waals surface area contributed by atoms with Gasteiger partial charge in [-0.05, 0) is 76.2 Å². The van der Waals surface area contributed by atoms with Crippen molar-refractivity contribution in [3.8, 4) is 5.75 Å². The first-order valence-corrected chi connectivity index (χ1v) is 11.6. The molecule has 0 aliphatic carbocycles. The maximum Gasteiger partial charge on any atom is 0.325 e. The summed E-state index contributed by atoms with van der Waals surface area (Å²) in [5.74, 6) is -2.06. The number of imide groups is 1. The zero-order valence-corrected chi connectivity index (χ0v) is 20.6. The van der Waals surface area contributed by atoms with Crippen LogP contribution < -0.4 is 15.4 Å². The molecule has 2 unspecified atom stereocenters. The summed E-state index contributed by atoms with van der Waals surface area (Å²) in [6, 6.07) is 13.1. The minimum Gasteiger partial charge on any atom is -0.497 e. The number of nitrogens with zero attached hydrogens (tertiary/aromatic N) is 1. The molecule has 35 heavy (non-hydrogen) atoms. The van der Waals surface area contributed by atoms with E-state index in [1.165, 1.54) is 37.4 Å². The largest absolute Gasteiger partial charge is 0.497 e. The van der Waals surface area contributed by atoms with Gasteiger partial charge in [-0.25, -0.2) is 18.5 Å². The number of urea groups is 1. The van der Waals surface area contributed by atoms with Crippen LogP contribution in [0, 0.1) is 15.2 Å². The molecule has 7 nitrogen and oxygen atoms in total. The van der Waals surface area contributed by atoms with Crippen LogP contribution in [0.2, 0.25) is 0 Å². The predicted molar refractivity (Wildman–Crippen MR) is 133 cm³/mol. The quantitative estimate of drug-likeness (QED) is 0.315. The highest BCUT2D eigenvalue weighted by molar-refractivity contribution is 14.1. The Morgan fingerprint density at radius 2 is 1.86 bits per heavy atom. The van der Waals surface area contributed by atoms with Crippen molar-refractivity contribution in [2.24, 2.45) is 0 Å². The third-order valence-corrected chi connectivity index (χ3v) is 6.21. The molecule has 0 spiro atoms. The van der Waals surface area contributed by atoms with Gasteiger partial charge in [-0.3, -0.25) is 9.59 Å². The summed E-state index contributed by atoms with van der Waals surface area (Å²) < 4.78 is 34.0. The zero-order chi connectivity index (χ0) is 25.1. The van der Waals surface area contributed by atoms with Crippen LogP contribution in [-0.4, -0.2) is 35.9 Å². The minimum absolute atomic E-state index is 0.0987. The summed E-state index contributed by atoms with van der Waals surface area (Å²) in [6.07, 6.45) is -0.163. The van der Waals surface area contributed by atoms with Gasteiger partial charge in [-0.2, -0.15) is 0 Å². The molecule has 2 N–H and O–H groups in total. The highest BCUT2D eigenvalue weighted by Gasteiger charge is 2.45. The number of nitrogens with one attached hydrogen (secondary N) is 2. The van der Waals surface area contributed by atoms with E-state index in [1.54, 1.807) is 36.4 Å². The van der Waals surface area contributed by atoms with Crippen molar-refractivity contribution >= 4 is 46.1 Å². The van der Waals surface area contributed by atoms with Gasteiger partial charge >= 0.3 is 6.03 Å². The van der Waals surface area contributed by atoms with Crippen LogP contribution >= 0.6 is 22.6 Å². The molecule has 0 radical (unpaired) electrons. The van der Waals surface area contributed by atoms with Crippen LogP contribution in [-0.2, 0) is 16.0 Å². The van der Waals surface area contributed by atoms with Gasteiger partial charge in [0.25, 0.3) is 5.91 Å². The van der Waals surface area contributed by atoms with E-state index in [2.05, 4.69) is 10.6 Å². The smallest absolute Gasteiger partial charge is 0.325 e. The Morgan fingerprint density at radius 1 is 1.11 bits per heavy atom. The van der Waals surface area contributed by atoms with E-state index in [0.29, 0.717) is 20.4 Å². The second-order valence-electron chi connectivity index (χ2n) is 7.83. The Labute approximate surface area is 213 Å². The third kappa shape index (κ3) is 5.42. The van der Waals surface area contributed by atoms with Crippen molar-refractivity contribution in [2.75, 3.05) is 12.4 Å². The first-order chi connectivity index (χ1) is 16.8. The van der Waals surface area contributed by atoms with Crippen molar-refractivity contribution in [2.45, 2.75) is 18.5 Å². The maximum absolute atomic E-state index is 14.4. The average molecular weight is 591 g/mol. The Kier molecular flexibility index (Phi) is 7.29. The highest BCUT2D eigenvalue weighted by atomic mass is 127. The number of rotatable bonds is 7. The van der Waals surface area contributed by atoms with E-state index in [1.807, 2.05) is 22.6 Å².